The number of urea groups is 1. The first-order valence-electron chi connectivity index (χ1n) is 9.38. The van der Waals surface area contributed by atoms with E-state index in [0.717, 1.165) is 24.2 Å². The molecule has 0 saturated carbocycles. The van der Waals surface area contributed by atoms with Gasteiger partial charge in [-0.25, -0.2) is 9.69 Å². The van der Waals surface area contributed by atoms with E-state index in [2.05, 4.69) is 16.5 Å². The quantitative estimate of drug-likeness (QED) is 0.472. The highest BCUT2D eigenvalue weighted by Crippen LogP contribution is 2.24. The second-order valence-corrected chi connectivity index (χ2v) is 6.90. The Balaban J connectivity index is 1.97. The number of amides is 4. The van der Waals surface area contributed by atoms with Crippen LogP contribution in [0.5, 0.6) is 0 Å². The summed E-state index contributed by atoms with van der Waals surface area (Å²) in [4.78, 5) is 45.8. The summed E-state index contributed by atoms with van der Waals surface area (Å²) < 4.78 is 7.51. The predicted molar refractivity (Wildman–Crippen MR) is 97.3 cm³/mol. The first kappa shape index (κ1) is 19.3. The first-order valence-corrected chi connectivity index (χ1v) is 9.38. The van der Waals surface area contributed by atoms with Gasteiger partial charge in [-0.1, -0.05) is 24.8 Å². The zero-order valence-electron chi connectivity index (χ0n) is 15.9. The zero-order chi connectivity index (χ0) is 19.6. The highest BCUT2D eigenvalue weighted by Gasteiger charge is 2.56. The summed E-state index contributed by atoms with van der Waals surface area (Å²) in [5, 5.41) is 0. The minimum atomic E-state index is -0.724. The summed E-state index contributed by atoms with van der Waals surface area (Å²) in [5.74, 6) is -0.0687. The number of nitrogens with two attached hydrogens (primary N) is 1. The van der Waals surface area contributed by atoms with Crippen molar-refractivity contribution in [2.24, 2.45) is 10.7 Å². The van der Waals surface area contributed by atoms with Gasteiger partial charge in [-0.2, -0.15) is 0 Å². The van der Waals surface area contributed by atoms with Crippen LogP contribution in [0.4, 0.5) is 4.79 Å². The maximum absolute atomic E-state index is 13.1. The average molecular weight is 379 g/mol. The summed E-state index contributed by atoms with van der Waals surface area (Å²) >= 11 is 0. The average Bonchev–Trinajstić information content (AvgIpc) is 3.04. The Hall–Kier alpha value is -2.49. The summed E-state index contributed by atoms with van der Waals surface area (Å²) in [5.41, 5.74) is 5.23. The molecule has 1 unspecified atom stereocenters. The monoisotopic (exact) mass is 379 g/mol. The molecule has 0 aromatic rings. The Kier molecular flexibility index (Phi) is 5.73. The normalized spacial score (nSPS) is 23.1. The molecular formula is C17H27N6O4+. The second-order valence-electron chi connectivity index (χ2n) is 6.90. The van der Waals surface area contributed by atoms with Crippen molar-refractivity contribution in [3.05, 3.63) is 0 Å². The van der Waals surface area contributed by atoms with Crippen molar-refractivity contribution in [3.8, 4) is 0 Å². The van der Waals surface area contributed by atoms with E-state index in [1.165, 1.54) is 4.90 Å². The standard InChI is InChI=1S/C17H26N6O4/c1-3-4-5-6-22-13-14(19-16(22)21-7-9-27-10-8-21)20(2)17(26)23(15(13)25)11-12(18)24/h13H,3-11H2,1-2H3,(H-,18,24)/p+1. The SMILES string of the molecule is CCCCCN1C(=[N+]2CCOCC2)N=C2C1C(=O)N(CC(N)=O)C(=O)N2C. The van der Waals surface area contributed by atoms with E-state index in [1.54, 1.807) is 7.05 Å². The van der Waals surface area contributed by atoms with Gasteiger partial charge < -0.3 is 10.5 Å². The molecular weight excluding hydrogens is 352 g/mol. The number of primary amides is 1. The molecule has 3 aliphatic heterocycles. The number of imide groups is 1. The fraction of sp³-hybridized carbons (Fsp3) is 0.706. The van der Waals surface area contributed by atoms with Crippen LogP contribution in [-0.2, 0) is 14.3 Å². The molecule has 10 heteroatoms. The molecule has 2 saturated heterocycles. The highest BCUT2D eigenvalue weighted by molar-refractivity contribution is 6.26. The van der Waals surface area contributed by atoms with Gasteiger partial charge in [0.05, 0.1) is 32.8 Å². The van der Waals surface area contributed by atoms with Crippen LogP contribution in [0.15, 0.2) is 4.99 Å². The number of fused-ring (bicyclic) bond motifs is 1. The van der Waals surface area contributed by atoms with Crippen LogP contribution < -0.4 is 5.73 Å². The van der Waals surface area contributed by atoms with Crippen molar-refractivity contribution in [1.29, 1.82) is 0 Å². The van der Waals surface area contributed by atoms with E-state index in [1.807, 2.05) is 4.90 Å². The Morgan fingerprint density at radius 3 is 2.63 bits per heavy atom. The third-order valence-electron chi connectivity index (χ3n) is 5.00. The van der Waals surface area contributed by atoms with E-state index in [4.69, 9.17) is 10.5 Å². The molecule has 148 valence electrons. The summed E-state index contributed by atoms with van der Waals surface area (Å²) in [6.07, 6.45) is 2.99. The van der Waals surface area contributed by atoms with Gasteiger partial charge in [0.1, 0.15) is 6.54 Å². The number of rotatable bonds is 6. The van der Waals surface area contributed by atoms with Gasteiger partial charge in [0.25, 0.3) is 5.91 Å². The van der Waals surface area contributed by atoms with Crippen LogP contribution in [0.2, 0.25) is 0 Å². The molecule has 10 nitrogen and oxygen atoms in total. The van der Waals surface area contributed by atoms with Crippen LogP contribution in [0.25, 0.3) is 0 Å². The number of morpholine rings is 1. The summed E-state index contributed by atoms with van der Waals surface area (Å²) in [6.45, 7) is 4.89. The lowest BCUT2D eigenvalue weighted by Gasteiger charge is -2.34. The number of hydrogen-bond donors (Lipinski definition) is 1. The topological polar surface area (TPSA) is 112 Å². The number of guanidine groups is 1. The number of hydrogen-bond acceptors (Lipinski definition) is 4. The van der Waals surface area contributed by atoms with Gasteiger partial charge in [0.15, 0.2) is 0 Å². The maximum atomic E-state index is 13.1. The molecule has 2 fully saturated rings. The minimum absolute atomic E-state index is 0.406. The molecule has 0 aliphatic carbocycles. The lowest BCUT2D eigenvalue weighted by atomic mass is 10.1. The molecule has 0 aromatic heterocycles. The third-order valence-corrected chi connectivity index (χ3v) is 5.00. The van der Waals surface area contributed by atoms with Crippen molar-refractivity contribution in [2.45, 2.75) is 32.2 Å². The number of ether oxygens (including phenoxy) is 1. The smallest absolute Gasteiger partial charge is 0.375 e. The number of amidine groups is 1. The van der Waals surface area contributed by atoms with E-state index < -0.39 is 30.4 Å². The maximum Gasteiger partial charge on any atom is 0.392 e. The van der Waals surface area contributed by atoms with Crippen molar-refractivity contribution in [3.63, 3.8) is 0 Å². The molecule has 0 spiro atoms. The van der Waals surface area contributed by atoms with Gasteiger partial charge >= 0.3 is 12.0 Å². The van der Waals surface area contributed by atoms with E-state index in [-0.39, 0.29) is 0 Å². The van der Waals surface area contributed by atoms with Crippen LogP contribution in [0.1, 0.15) is 26.2 Å². The lowest BCUT2D eigenvalue weighted by Crippen LogP contribution is -2.65. The third kappa shape index (κ3) is 3.66. The van der Waals surface area contributed by atoms with Crippen LogP contribution in [0.3, 0.4) is 0 Å². The van der Waals surface area contributed by atoms with Gasteiger partial charge in [-0.05, 0) is 6.42 Å². The van der Waals surface area contributed by atoms with Crippen molar-refractivity contribution in [1.82, 2.24) is 14.7 Å². The summed E-state index contributed by atoms with van der Waals surface area (Å²) in [7, 11) is 1.57. The molecule has 3 rings (SSSR count). The minimum Gasteiger partial charge on any atom is -0.375 e. The van der Waals surface area contributed by atoms with Crippen molar-refractivity contribution < 1.29 is 23.7 Å². The Labute approximate surface area is 158 Å². The summed E-state index contributed by atoms with van der Waals surface area (Å²) in [6, 6.07) is -1.28. The molecule has 0 radical (unpaired) electrons. The van der Waals surface area contributed by atoms with Crippen LogP contribution >= 0.6 is 0 Å². The number of aliphatic imine (C=N–C) groups is 1. The molecule has 4 amide bonds. The molecule has 3 heterocycles. The van der Waals surface area contributed by atoms with E-state index in [9.17, 15) is 14.4 Å². The number of unbranched alkanes of at least 4 members (excludes halogenated alkanes) is 2. The fourth-order valence-electron chi connectivity index (χ4n) is 3.58. The van der Waals surface area contributed by atoms with Crippen molar-refractivity contribution in [2.75, 3.05) is 46.4 Å². The Bertz CT molecular complexity index is 696. The highest BCUT2D eigenvalue weighted by atomic mass is 16.5. The molecule has 0 bridgehead atoms. The van der Waals surface area contributed by atoms with E-state index >= 15 is 0 Å². The molecule has 2 N–H and O–H groups in total. The van der Waals surface area contributed by atoms with Gasteiger partial charge in [-0.3, -0.25) is 24.0 Å². The van der Waals surface area contributed by atoms with Crippen molar-refractivity contribution >= 4 is 29.6 Å². The lowest BCUT2D eigenvalue weighted by molar-refractivity contribution is -0.554. The van der Waals surface area contributed by atoms with Gasteiger partial charge in [-0.15, -0.1) is 0 Å². The van der Waals surface area contributed by atoms with Gasteiger partial charge in [0.2, 0.25) is 17.8 Å². The largest absolute Gasteiger partial charge is 0.392 e. The van der Waals surface area contributed by atoms with Crippen LogP contribution in [-0.4, -0.2) is 101 Å². The predicted octanol–water partition coefficient (Wildman–Crippen LogP) is -0.963. The molecule has 0 aromatic carbocycles. The number of nitrogens with zero attached hydrogens (tertiary/aromatic N) is 5. The fourth-order valence-corrected chi connectivity index (χ4v) is 3.58. The number of carbonyl (C=O) groups is 3. The second kappa shape index (κ2) is 8.03. The molecule has 1 atom stereocenters. The molecule has 27 heavy (non-hydrogen) atoms. The van der Waals surface area contributed by atoms with Crippen LogP contribution in [0, 0.1) is 0 Å². The molecule has 3 aliphatic rings. The first-order chi connectivity index (χ1) is 13.0. The van der Waals surface area contributed by atoms with Gasteiger partial charge in [0, 0.05) is 7.05 Å². The Morgan fingerprint density at radius 1 is 1.30 bits per heavy atom. The van der Waals surface area contributed by atoms with E-state index in [0.29, 0.717) is 44.6 Å². The zero-order valence-corrected chi connectivity index (χ0v) is 15.9. The Morgan fingerprint density at radius 2 is 2.00 bits per heavy atom. The number of carbonyl (C=O) groups excluding carboxylic acids is 3. The number of likely N-dealkylation sites (N-methyl/N-ethyl adjacent to an activating group) is 1.